The Morgan fingerprint density at radius 3 is 2.60 bits per heavy atom. The maximum absolute atomic E-state index is 12.3. The summed E-state index contributed by atoms with van der Waals surface area (Å²) < 4.78 is 0. The highest BCUT2D eigenvalue weighted by atomic mass is 16.4. The van der Waals surface area contributed by atoms with E-state index in [1.807, 2.05) is 0 Å². The number of carbonyl (C=O) groups is 1. The molecule has 1 heterocycles. The summed E-state index contributed by atoms with van der Waals surface area (Å²) in [6.07, 6.45) is 1.36. The summed E-state index contributed by atoms with van der Waals surface area (Å²) in [4.78, 5) is 14.0. The summed E-state index contributed by atoms with van der Waals surface area (Å²) in [6.45, 7) is 2.91. The van der Waals surface area contributed by atoms with Crippen molar-refractivity contribution in [1.82, 2.24) is 4.90 Å². The molecule has 1 aromatic carbocycles. The van der Waals surface area contributed by atoms with Gasteiger partial charge in [-0.05, 0) is 37.5 Å². The number of benzene rings is 1. The molecule has 1 aliphatic rings. The quantitative estimate of drug-likeness (QED) is 0.328. The fraction of sp³-hybridized carbons (Fsp3) is 0.429. The Morgan fingerprint density at radius 1 is 1.40 bits per heavy atom. The Labute approximate surface area is 117 Å². The molecular weight excluding hydrogens is 258 g/mol. The van der Waals surface area contributed by atoms with Crippen molar-refractivity contribution < 1.29 is 15.1 Å². The van der Waals surface area contributed by atoms with Crippen LogP contribution in [0.4, 0.5) is 0 Å². The molecule has 0 unspecified atom stereocenters. The molecule has 6 heteroatoms. The highest BCUT2D eigenvalue weighted by molar-refractivity contribution is 5.95. The van der Waals surface area contributed by atoms with E-state index in [9.17, 15) is 9.90 Å². The van der Waals surface area contributed by atoms with E-state index in [-0.39, 0.29) is 23.4 Å². The van der Waals surface area contributed by atoms with E-state index in [1.54, 1.807) is 24.0 Å². The van der Waals surface area contributed by atoms with Crippen LogP contribution in [0.3, 0.4) is 0 Å². The Balaban J connectivity index is 2.03. The van der Waals surface area contributed by atoms with E-state index in [4.69, 9.17) is 10.9 Å². The van der Waals surface area contributed by atoms with E-state index in [0.29, 0.717) is 31.5 Å². The van der Waals surface area contributed by atoms with Crippen molar-refractivity contribution in [2.75, 3.05) is 13.1 Å². The van der Waals surface area contributed by atoms with Crippen molar-refractivity contribution >= 4 is 11.7 Å². The van der Waals surface area contributed by atoms with Gasteiger partial charge in [0.05, 0.1) is 0 Å². The van der Waals surface area contributed by atoms with Gasteiger partial charge in [0.2, 0.25) is 0 Å². The molecule has 4 N–H and O–H groups in total. The molecule has 6 nitrogen and oxygen atoms in total. The molecule has 0 bridgehead atoms. The monoisotopic (exact) mass is 277 g/mol. The van der Waals surface area contributed by atoms with Gasteiger partial charge < -0.3 is 20.9 Å². The second kappa shape index (κ2) is 5.81. The second-order valence-corrected chi connectivity index (χ2v) is 5.09. The standard InChI is InChI=1S/C14H19N3O3/c1-9-2-3-11(8-12(9)18)14(19)17-6-4-10(5-7-17)13(15)16-20/h2-3,8,10,18,20H,4-7H2,1H3,(H2,15,16). The van der Waals surface area contributed by atoms with Crippen LogP contribution < -0.4 is 5.73 Å². The highest BCUT2D eigenvalue weighted by Gasteiger charge is 2.26. The molecule has 0 atom stereocenters. The third kappa shape index (κ3) is 2.84. The fourth-order valence-electron chi connectivity index (χ4n) is 2.38. The van der Waals surface area contributed by atoms with Crippen molar-refractivity contribution in [2.45, 2.75) is 19.8 Å². The Bertz CT molecular complexity index is 534. The van der Waals surface area contributed by atoms with E-state index in [2.05, 4.69) is 5.16 Å². The minimum Gasteiger partial charge on any atom is -0.508 e. The summed E-state index contributed by atoms with van der Waals surface area (Å²) in [7, 11) is 0. The van der Waals surface area contributed by atoms with Crippen LogP contribution in [0.2, 0.25) is 0 Å². The number of hydrogen-bond acceptors (Lipinski definition) is 4. The van der Waals surface area contributed by atoms with Gasteiger partial charge in [0.15, 0.2) is 0 Å². The number of aryl methyl sites for hydroxylation is 1. The zero-order valence-corrected chi connectivity index (χ0v) is 11.4. The average molecular weight is 277 g/mol. The van der Waals surface area contributed by atoms with Crippen LogP contribution in [-0.2, 0) is 0 Å². The number of nitrogens with zero attached hydrogens (tertiary/aromatic N) is 2. The van der Waals surface area contributed by atoms with Crippen LogP contribution >= 0.6 is 0 Å². The van der Waals surface area contributed by atoms with Crippen molar-refractivity contribution in [3.8, 4) is 5.75 Å². The third-order valence-electron chi connectivity index (χ3n) is 3.77. The van der Waals surface area contributed by atoms with Gasteiger partial charge in [-0.3, -0.25) is 4.79 Å². The Hall–Kier alpha value is -2.24. The number of carbonyl (C=O) groups excluding carboxylic acids is 1. The summed E-state index contributed by atoms with van der Waals surface area (Å²) >= 11 is 0. The smallest absolute Gasteiger partial charge is 0.253 e. The molecule has 1 amide bonds. The predicted octanol–water partition coefficient (Wildman–Crippen LogP) is 1.30. The highest BCUT2D eigenvalue weighted by Crippen LogP contribution is 2.22. The van der Waals surface area contributed by atoms with Gasteiger partial charge in [0.25, 0.3) is 5.91 Å². The third-order valence-corrected chi connectivity index (χ3v) is 3.77. The molecule has 0 aliphatic carbocycles. The number of hydrogen-bond donors (Lipinski definition) is 3. The number of aromatic hydroxyl groups is 1. The van der Waals surface area contributed by atoms with Crippen molar-refractivity contribution in [2.24, 2.45) is 16.8 Å². The zero-order chi connectivity index (χ0) is 14.7. The molecule has 20 heavy (non-hydrogen) atoms. The molecular formula is C14H19N3O3. The zero-order valence-electron chi connectivity index (χ0n) is 11.4. The fourth-order valence-corrected chi connectivity index (χ4v) is 2.38. The molecule has 0 saturated carbocycles. The molecule has 0 radical (unpaired) electrons. The molecule has 1 fully saturated rings. The normalized spacial score (nSPS) is 17.2. The van der Waals surface area contributed by atoms with E-state index >= 15 is 0 Å². The number of rotatable bonds is 2. The molecule has 1 saturated heterocycles. The van der Waals surface area contributed by atoms with Gasteiger partial charge >= 0.3 is 0 Å². The number of phenols is 1. The van der Waals surface area contributed by atoms with E-state index < -0.39 is 0 Å². The number of likely N-dealkylation sites (tertiary alicyclic amines) is 1. The lowest BCUT2D eigenvalue weighted by Gasteiger charge is -2.31. The van der Waals surface area contributed by atoms with Crippen LogP contribution in [0.1, 0.15) is 28.8 Å². The summed E-state index contributed by atoms with van der Waals surface area (Å²) in [6, 6.07) is 4.94. The summed E-state index contributed by atoms with van der Waals surface area (Å²) in [5.74, 6) is 0.279. The molecule has 108 valence electrons. The maximum Gasteiger partial charge on any atom is 0.253 e. The Morgan fingerprint density at radius 2 is 2.05 bits per heavy atom. The van der Waals surface area contributed by atoms with E-state index in [1.165, 1.54) is 6.07 Å². The lowest BCUT2D eigenvalue weighted by molar-refractivity contribution is 0.0708. The summed E-state index contributed by atoms with van der Waals surface area (Å²) in [5, 5.41) is 21.3. The predicted molar refractivity (Wildman–Crippen MR) is 74.9 cm³/mol. The lowest BCUT2D eigenvalue weighted by Crippen LogP contribution is -2.41. The number of phenolic OH excluding ortho intramolecular Hbond substituents is 1. The molecule has 2 rings (SSSR count). The number of amidine groups is 1. The van der Waals surface area contributed by atoms with Crippen LogP contribution in [0.5, 0.6) is 5.75 Å². The SMILES string of the molecule is Cc1ccc(C(=O)N2CCC(C(N)=NO)CC2)cc1O. The number of piperidine rings is 1. The van der Waals surface area contributed by atoms with Crippen molar-refractivity contribution in [3.63, 3.8) is 0 Å². The van der Waals surface area contributed by atoms with Gasteiger partial charge in [-0.2, -0.15) is 0 Å². The first-order valence-corrected chi connectivity index (χ1v) is 6.59. The van der Waals surface area contributed by atoms with Gasteiger partial charge in [-0.1, -0.05) is 11.2 Å². The first-order valence-electron chi connectivity index (χ1n) is 6.59. The molecule has 1 aromatic rings. The number of nitrogens with two attached hydrogens (primary N) is 1. The first-order chi connectivity index (χ1) is 9.52. The minimum absolute atomic E-state index is 0.0236. The van der Waals surface area contributed by atoms with Crippen LogP contribution in [0, 0.1) is 12.8 Å². The van der Waals surface area contributed by atoms with Crippen LogP contribution in [0.15, 0.2) is 23.4 Å². The van der Waals surface area contributed by atoms with Gasteiger partial charge in [-0.15, -0.1) is 0 Å². The molecule has 1 aliphatic heterocycles. The van der Waals surface area contributed by atoms with Gasteiger partial charge in [-0.25, -0.2) is 0 Å². The lowest BCUT2D eigenvalue weighted by atomic mass is 9.95. The molecule has 0 spiro atoms. The van der Waals surface area contributed by atoms with Crippen molar-refractivity contribution in [1.29, 1.82) is 0 Å². The van der Waals surface area contributed by atoms with Gasteiger partial charge in [0.1, 0.15) is 11.6 Å². The minimum atomic E-state index is -0.0988. The first kappa shape index (κ1) is 14.2. The second-order valence-electron chi connectivity index (χ2n) is 5.09. The van der Waals surface area contributed by atoms with Crippen LogP contribution in [0.25, 0.3) is 0 Å². The molecule has 0 aromatic heterocycles. The Kier molecular flexibility index (Phi) is 4.12. The van der Waals surface area contributed by atoms with Crippen LogP contribution in [-0.4, -0.2) is 40.0 Å². The van der Waals surface area contributed by atoms with Crippen molar-refractivity contribution in [3.05, 3.63) is 29.3 Å². The van der Waals surface area contributed by atoms with Gasteiger partial charge in [0, 0.05) is 24.6 Å². The van der Waals surface area contributed by atoms with E-state index in [0.717, 1.165) is 5.56 Å². The average Bonchev–Trinajstić information content (AvgIpc) is 2.48. The largest absolute Gasteiger partial charge is 0.508 e. The topological polar surface area (TPSA) is 99.2 Å². The number of oxime groups is 1. The number of amides is 1. The maximum atomic E-state index is 12.3. The summed E-state index contributed by atoms with van der Waals surface area (Å²) in [5.41, 5.74) is 6.80.